The lowest BCUT2D eigenvalue weighted by Crippen LogP contribution is -1.97. The molecule has 2 rings (SSSR count). The topological polar surface area (TPSA) is 24.7 Å². The van der Waals surface area contributed by atoms with Gasteiger partial charge >= 0.3 is 0 Å². The van der Waals surface area contributed by atoms with Crippen LogP contribution in [0.2, 0.25) is 0 Å². The fourth-order valence-electron chi connectivity index (χ4n) is 1.33. The first-order chi connectivity index (χ1) is 4.88. The van der Waals surface area contributed by atoms with Gasteiger partial charge in [0, 0.05) is 17.8 Å². The van der Waals surface area contributed by atoms with E-state index < -0.39 is 0 Å². The van der Waals surface area contributed by atoms with Crippen LogP contribution < -0.4 is 0 Å². The summed E-state index contributed by atoms with van der Waals surface area (Å²) in [4.78, 5) is 8.15. The SMILES string of the molecule is C/C1=N/C=N\C=C\C2CC12. The molecule has 0 spiro atoms. The molecule has 2 aliphatic rings. The third-order valence-corrected chi connectivity index (χ3v) is 2.12. The molecule has 0 amide bonds. The number of fused-ring (bicyclic) bond motifs is 1. The standard InChI is InChI=1S/C8H10N2/c1-6-8-4-7(8)2-3-9-5-10-6/h2-3,5,7-8H,4H2,1H3/b3-2+,9-5-,10-6-. The van der Waals surface area contributed by atoms with Crippen molar-refractivity contribution < 1.29 is 0 Å². The second kappa shape index (κ2) is 2.04. The summed E-state index contributed by atoms with van der Waals surface area (Å²) >= 11 is 0. The lowest BCUT2D eigenvalue weighted by Gasteiger charge is -1.94. The van der Waals surface area contributed by atoms with Crippen LogP contribution in [0.15, 0.2) is 22.3 Å². The van der Waals surface area contributed by atoms with Crippen LogP contribution >= 0.6 is 0 Å². The number of allylic oxidation sites excluding steroid dienone is 1. The Labute approximate surface area is 60.4 Å². The van der Waals surface area contributed by atoms with E-state index in [1.165, 1.54) is 12.1 Å². The zero-order valence-electron chi connectivity index (χ0n) is 5.99. The maximum Gasteiger partial charge on any atom is 0.115 e. The third kappa shape index (κ3) is 0.897. The maximum absolute atomic E-state index is 4.18. The minimum atomic E-state index is 0.725. The van der Waals surface area contributed by atoms with Gasteiger partial charge in [-0.15, -0.1) is 0 Å². The van der Waals surface area contributed by atoms with Gasteiger partial charge in [-0.2, -0.15) is 0 Å². The Morgan fingerprint density at radius 1 is 1.60 bits per heavy atom. The molecular weight excluding hydrogens is 124 g/mol. The fourth-order valence-corrected chi connectivity index (χ4v) is 1.33. The molecule has 1 aliphatic heterocycles. The molecule has 0 radical (unpaired) electrons. The quantitative estimate of drug-likeness (QED) is 0.481. The lowest BCUT2D eigenvalue weighted by atomic mass is 10.2. The van der Waals surface area contributed by atoms with Crippen molar-refractivity contribution in [3.05, 3.63) is 12.3 Å². The molecule has 1 aliphatic carbocycles. The van der Waals surface area contributed by atoms with Crippen LogP contribution in [0, 0.1) is 11.8 Å². The smallest absolute Gasteiger partial charge is 0.115 e. The van der Waals surface area contributed by atoms with Crippen molar-refractivity contribution in [1.29, 1.82) is 0 Å². The fraction of sp³-hybridized carbons (Fsp3) is 0.500. The molecule has 0 N–H and O–H groups in total. The van der Waals surface area contributed by atoms with E-state index in [1.807, 2.05) is 6.20 Å². The van der Waals surface area contributed by atoms with Gasteiger partial charge in [0.15, 0.2) is 0 Å². The number of nitrogens with zero attached hydrogens (tertiary/aromatic N) is 2. The molecule has 1 saturated carbocycles. The molecule has 2 atom stereocenters. The highest BCUT2D eigenvalue weighted by Crippen LogP contribution is 2.40. The maximum atomic E-state index is 4.18. The molecule has 0 bridgehead atoms. The average molecular weight is 134 g/mol. The van der Waals surface area contributed by atoms with Crippen molar-refractivity contribution in [3.8, 4) is 0 Å². The molecule has 0 saturated heterocycles. The zero-order valence-corrected chi connectivity index (χ0v) is 5.99. The van der Waals surface area contributed by atoms with Crippen molar-refractivity contribution in [1.82, 2.24) is 0 Å². The molecule has 52 valence electrons. The second-order valence-corrected chi connectivity index (χ2v) is 2.88. The second-order valence-electron chi connectivity index (χ2n) is 2.88. The number of hydrogen-bond acceptors (Lipinski definition) is 2. The summed E-state index contributed by atoms with van der Waals surface area (Å²) in [7, 11) is 0. The van der Waals surface area contributed by atoms with Crippen molar-refractivity contribution in [3.63, 3.8) is 0 Å². The van der Waals surface area contributed by atoms with E-state index >= 15 is 0 Å². The molecule has 0 aromatic heterocycles. The molecule has 2 nitrogen and oxygen atoms in total. The molecule has 1 heterocycles. The normalized spacial score (nSPS) is 47.5. The van der Waals surface area contributed by atoms with E-state index in [9.17, 15) is 0 Å². The molecule has 1 fully saturated rings. The van der Waals surface area contributed by atoms with Gasteiger partial charge in [0.25, 0.3) is 0 Å². The van der Waals surface area contributed by atoms with Gasteiger partial charge in [-0.1, -0.05) is 6.08 Å². The predicted octanol–water partition coefficient (Wildman–Crippen LogP) is 1.64. The van der Waals surface area contributed by atoms with Gasteiger partial charge in [0.2, 0.25) is 0 Å². The van der Waals surface area contributed by atoms with E-state index in [2.05, 4.69) is 23.0 Å². The summed E-state index contributed by atoms with van der Waals surface area (Å²) in [6, 6.07) is 0. The Hall–Kier alpha value is -0.920. The van der Waals surface area contributed by atoms with Gasteiger partial charge < -0.3 is 0 Å². The Morgan fingerprint density at radius 2 is 2.50 bits per heavy atom. The minimum absolute atomic E-state index is 0.725. The van der Waals surface area contributed by atoms with E-state index in [1.54, 1.807) is 6.34 Å². The highest BCUT2D eigenvalue weighted by atomic mass is 14.9. The van der Waals surface area contributed by atoms with Crippen LogP contribution in [0.5, 0.6) is 0 Å². The highest BCUT2D eigenvalue weighted by molar-refractivity contribution is 5.93. The van der Waals surface area contributed by atoms with Gasteiger partial charge in [0.1, 0.15) is 6.34 Å². The largest absolute Gasteiger partial charge is 0.246 e. The Bertz CT molecular complexity index is 225. The Balaban J connectivity index is 2.25. The summed E-state index contributed by atoms with van der Waals surface area (Å²) in [5.41, 5.74) is 1.23. The van der Waals surface area contributed by atoms with Crippen LogP contribution in [0.3, 0.4) is 0 Å². The van der Waals surface area contributed by atoms with Crippen molar-refractivity contribution in [2.45, 2.75) is 13.3 Å². The zero-order chi connectivity index (χ0) is 6.97. The van der Waals surface area contributed by atoms with Crippen LogP contribution in [-0.4, -0.2) is 12.1 Å². The van der Waals surface area contributed by atoms with Crippen LogP contribution in [0.25, 0.3) is 0 Å². The van der Waals surface area contributed by atoms with E-state index in [-0.39, 0.29) is 0 Å². The van der Waals surface area contributed by atoms with Gasteiger partial charge in [-0.05, 0) is 19.3 Å². The van der Waals surface area contributed by atoms with Crippen molar-refractivity contribution in [2.75, 3.05) is 0 Å². The Kier molecular flexibility index (Phi) is 1.19. The van der Waals surface area contributed by atoms with Gasteiger partial charge in [-0.25, -0.2) is 9.98 Å². The Morgan fingerprint density at radius 3 is 3.40 bits per heavy atom. The summed E-state index contributed by atoms with van der Waals surface area (Å²) in [5, 5.41) is 0. The first-order valence-electron chi connectivity index (χ1n) is 3.60. The molecular formula is C8H10N2. The number of rotatable bonds is 0. The summed E-state index contributed by atoms with van der Waals surface area (Å²) < 4.78 is 0. The van der Waals surface area contributed by atoms with Gasteiger partial charge in [0.05, 0.1) is 0 Å². The molecule has 0 aromatic carbocycles. The van der Waals surface area contributed by atoms with Crippen LogP contribution in [-0.2, 0) is 0 Å². The van der Waals surface area contributed by atoms with E-state index in [0.717, 1.165) is 11.8 Å². The molecule has 10 heavy (non-hydrogen) atoms. The summed E-state index contributed by atoms with van der Waals surface area (Å²) in [6.07, 6.45) is 6.91. The van der Waals surface area contributed by atoms with Gasteiger partial charge in [-0.3, -0.25) is 0 Å². The molecule has 2 unspecified atom stereocenters. The number of hydrogen-bond donors (Lipinski definition) is 0. The molecule has 0 aromatic rings. The van der Waals surface area contributed by atoms with E-state index in [4.69, 9.17) is 0 Å². The monoisotopic (exact) mass is 134 g/mol. The molecule has 2 heteroatoms. The van der Waals surface area contributed by atoms with Crippen molar-refractivity contribution in [2.24, 2.45) is 21.8 Å². The predicted molar refractivity (Wildman–Crippen MR) is 42.3 cm³/mol. The van der Waals surface area contributed by atoms with Crippen molar-refractivity contribution >= 4 is 12.1 Å². The minimum Gasteiger partial charge on any atom is -0.246 e. The average Bonchev–Trinajstić information content (AvgIpc) is 2.62. The summed E-state index contributed by atoms with van der Waals surface area (Å²) in [6.45, 7) is 2.08. The first-order valence-corrected chi connectivity index (χ1v) is 3.60. The first kappa shape index (κ1) is 5.83. The number of aliphatic imine (C=N–C) groups is 2. The van der Waals surface area contributed by atoms with Crippen LogP contribution in [0.4, 0.5) is 0 Å². The highest BCUT2D eigenvalue weighted by Gasteiger charge is 2.37. The lowest BCUT2D eigenvalue weighted by molar-refractivity contribution is 1.02. The summed E-state index contributed by atoms with van der Waals surface area (Å²) in [5.74, 6) is 1.46. The van der Waals surface area contributed by atoms with Crippen LogP contribution in [0.1, 0.15) is 13.3 Å². The third-order valence-electron chi connectivity index (χ3n) is 2.12. The van der Waals surface area contributed by atoms with E-state index in [0.29, 0.717) is 0 Å².